The average Bonchev–Trinajstić information content (AvgIpc) is 2.46. The Kier molecular flexibility index (Phi) is 7.41. The minimum Gasteiger partial charge on any atom is -0.461 e. The summed E-state index contributed by atoms with van der Waals surface area (Å²) >= 11 is 0. The Balaban J connectivity index is 2.85. The van der Waals surface area contributed by atoms with Gasteiger partial charge in [0.25, 0.3) is 0 Å². The Hall–Kier alpha value is -1.83. The fourth-order valence-electron chi connectivity index (χ4n) is 2.12. The van der Waals surface area contributed by atoms with E-state index in [4.69, 9.17) is 10.00 Å². The van der Waals surface area contributed by atoms with Crippen molar-refractivity contribution in [2.75, 3.05) is 19.7 Å². The molecular formula is C15H23N3O2. The number of esters is 1. The molecule has 0 aliphatic carbocycles. The summed E-state index contributed by atoms with van der Waals surface area (Å²) in [5, 5.41) is 9.02. The standard InChI is InChI=1S/C15H23N3O2/c1-3-8-13(12-18-9-6-5-7-10-18)17-14(11-16)15(19)20-4-2/h12H,3-10H2,1-2H3. The molecule has 1 saturated heterocycles. The molecule has 1 aliphatic rings. The highest BCUT2D eigenvalue weighted by atomic mass is 16.5. The van der Waals surface area contributed by atoms with Crippen LogP contribution in [0, 0.1) is 11.3 Å². The summed E-state index contributed by atoms with van der Waals surface area (Å²) in [5.41, 5.74) is 0.613. The summed E-state index contributed by atoms with van der Waals surface area (Å²) in [6.07, 6.45) is 7.29. The van der Waals surface area contributed by atoms with Crippen LogP contribution >= 0.6 is 0 Å². The molecule has 0 saturated carbocycles. The van der Waals surface area contributed by atoms with Crippen LogP contribution in [0.15, 0.2) is 16.9 Å². The molecular weight excluding hydrogens is 254 g/mol. The van der Waals surface area contributed by atoms with Crippen LogP contribution in [0.2, 0.25) is 0 Å². The van der Waals surface area contributed by atoms with Gasteiger partial charge in [0.05, 0.1) is 12.3 Å². The van der Waals surface area contributed by atoms with Crippen molar-refractivity contribution in [3.05, 3.63) is 11.9 Å². The third-order valence-electron chi connectivity index (χ3n) is 3.06. The Morgan fingerprint density at radius 2 is 2.05 bits per heavy atom. The highest BCUT2D eigenvalue weighted by molar-refractivity contribution is 6.43. The van der Waals surface area contributed by atoms with Crippen molar-refractivity contribution < 1.29 is 9.53 Å². The topological polar surface area (TPSA) is 65.7 Å². The maximum Gasteiger partial charge on any atom is 0.367 e. The van der Waals surface area contributed by atoms with Crippen LogP contribution in [0.3, 0.4) is 0 Å². The van der Waals surface area contributed by atoms with E-state index in [1.807, 2.05) is 12.3 Å². The molecule has 0 unspecified atom stereocenters. The molecule has 0 spiro atoms. The summed E-state index contributed by atoms with van der Waals surface area (Å²) in [6.45, 7) is 6.05. The van der Waals surface area contributed by atoms with Gasteiger partial charge in [0.1, 0.15) is 6.07 Å². The molecule has 0 radical (unpaired) electrons. The smallest absolute Gasteiger partial charge is 0.367 e. The number of likely N-dealkylation sites (tertiary alicyclic amines) is 1. The maximum absolute atomic E-state index is 11.6. The number of allylic oxidation sites excluding steroid dienone is 1. The van der Waals surface area contributed by atoms with Crippen molar-refractivity contribution in [1.82, 2.24) is 4.90 Å². The largest absolute Gasteiger partial charge is 0.461 e. The molecule has 5 nitrogen and oxygen atoms in total. The summed E-state index contributed by atoms with van der Waals surface area (Å²) < 4.78 is 4.83. The predicted molar refractivity (Wildman–Crippen MR) is 78.1 cm³/mol. The summed E-state index contributed by atoms with van der Waals surface area (Å²) in [5.74, 6) is -0.643. The van der Waals surface area contributed by atoms with Crippen molar-refractivity contribution >= 4 is 11.7 Å². The van der Waals surface area contributed by atoms with Gasteiger partial charge in [-0.05, 0) is 32.6 Å². The van der Waals surface area contributed by atoms with Crippen molar-refractivity contribution in [2.24, 2.45) is 4.99 Å². The second-order valence-electron chi connectivity index (χ2n) is 4.76. The molecule has 0 amide bonds. The maximum atomic E-state index is 11.6. The van der Waals surface area contributed by atoms with Gasteiger partial charge >= 0.3 is 5.97 Å². The monoisotopic (exact) mass is 277 g/mol. The SMILES string of the molecule is CCCC(=CN1CCCCC1)N=C(C#N)C(=O)OCC. The Bertz CT molecular complexity index is 415. The zero-order valence-electron chi connectivity index (χ0n) is 12.4. The highest BCUT2D eigenvalue weighted by Crippen LogP contribution is 2.14. The molecule has 20 heavy (non-hydrogen) atoms. The molecule has 0 aromatic heterocycles. The van der Waals surface area contributed by atoms with Crippen molar-refractivity contribution in [1.29, 1.82) is 5.26 Å². The lowest BCUT2D eigenvalue weighted by Gasteiger charge is -2.25. The third-order valence-corrected chi connectivity index (χ3v) is 3.06. The fourth-order valence-corrected chi connectivity index (χ4v) is 2.12. The van der Waals surface area contributed by atoms with E-state index in [0.29, 0.717) is 0 Å². The van der Waals surface area contributed by atoms with Crippen molar-refractivity contribution in [3.63, 3.8) is 0 Å². The van der Waals surface area contributed by atoms with Crippen LogP contribution in [0.4, 0.5) is 0 Å². The number of nitrogens with zero attached hydrogens (tertiary/aromatic N) is 3. The molecule has 5 heteroatoms. The summed E-state index contributed by atoms with van der Waals surface area (Å²) in [7, 11) is 0. The first-order valence-corrected chi connectivity index (χ1v) is 7.31. The van der Waals surface area contributed by atoms with Gasteiger partial charge in [-0.1, -0.05) is 13.3 Å². The summed E-state index contributed by atoms with van der Waals surface area (Å²) in [6, 6.07) is 1.83. The molecule has 0 atom stereocenters. The average molecular weight is 277 g/mol. The van der Waals surface area contributed by atoms with Crippen LogP contribution < -0.4 is 0 Å². The van der Waals surface area contributed by atoms with Gasteiger partial charge in [-0.3, -0.25) is 0 Å². The minimum atomic E-state index is -0.643. The third kappa shape index (κ3) is 5.43. The van der Waals surface area contributed by atoms with Gasteiger partial charge < -0.3 is 9.64 Å². The number of carbonyl (C=O) groups excluding carboxylic acids is 1. The normalized spacial score (nSPS) is 16.8. The number of rotatable bonds is 6. The van der Waals surface area contributed by atoms with Crippen molar-refractivity contribution in [3.8, 4) is 6.07 Å². The molecule has 0 bridgehead atoms. The lowest BCUT2D eigenvalue weighted by Crippen LogP contribution is -2.25. The first kappa shape index (κ1) is 16.2. The first-order chi connectivity index (χ1) is 9.71. The molecule has 1 aliphatic heterocycles. The first-order valence-electron chi connectivity index (χ1n) is 7.31. The number of hydrogen-bond donors (Lipinski definition) is 0. The Morgan fingerprint density at radius 1 is 1.35 bits per heavy atom. The number of nitriles is 1. The van der Waals surface area contributed by atoms with Gasteiger partial charge in [-0.25, -0.2) is 9.79 Å². The Morgan fingerprint density at radius 3 is 2.60 bits per heavy atom. The van der Waals surface area contributed by atoms with E-state index in [1.165, 1.54) is 19.3 Å². The van der Waals surface area contributed by atoms with Gasteiger partial charge in [-0.15, -0.1) is 0 Å². The fraction of sp³-hybridized carbons (Fsp3) is 0.667. The molecule has 1 rings (SSSR count). The molecule has 0 aromatic carbocycles. The zero-order valence-corrected chi connectivity index (χ0v) is 12.4. The van der Waals surface area contributed by atoms with Crippen LogP contribution in [-0.4, -0.2) is 36.3 Å². The number of carbonyl (C=O) groups is 1. The second kappa shape index (κ2) is 9.13. The van der Waals surface area contributed by atoms with Gasteiger partial charge in [0.15, 0.2) is 0 Å². The van der Waals surface area contributed by atoms with Crippen LogP contribution in [0.5, 0.6) is 0 Å². The van der Waals surface area contributed by atoms with E-state index in [1.54, 1.807) is 6.92 Å². The lowest BCUT2D eigenvalue weighted by molar-refractivity contribution is -0.134. The van der Waals surface area contributed by atoms with Crippen LogP contribution in [0.25, 0.3) is 0 Å². The van der Waals surface area contributed by atoms with Gasteiger partial charge in [0, 0.05) is 19.3 Å². The molecule has 1 heterocycles. The van der Waals surface area contributed by atoms with E-state index in [-0.39, 0.29) is 12.3 Å². The van der Waals surface area contributed by atoms with E-state index >= 15 is 0 Å². The second-order valence-corrected chi connectivity index (χ2v) is 4.76. The number of hydrogen-bond acceptors (Lipinski definition) is 5. The van der Waals surface area contributed by atoms with E-state index < -0.39 is 5.97 Å². The van der Waals surface area contributed by atoms with Gasteiger partial charge in [0.2, 0.25) is 5.71 Å². The molecule has 0 N–H and O–H groups in total. The quantitative estimate of drug-likeness (QED) is 0.553. The van der Waals surface area contributed by atoms with Crippen molar-refractivity contribution in [2.45, 2.75) is 46.0 Å². The number of aliphatic imine (C=N–C) groups is 1. The molecule has 110 valence electrons. The van der Waals surface area contributed by atoms with Crippen LogP contribution in [0.1, 0.15) is 46.0 Å². The molecule has 0 aromatic rings. The predicted octanol–water partition coefficient (Wildman–Crippen LogP) is 2.64. The van der Waals surface area contributed by atoms with Crippen LogP contribution in [-0.2, 0) is 9.53 Å². The zero-order chi connectivity index (χ0) is 14.8. The van der Waals surface area contributed by atoms with Gasteiger partial charge in [-0.2, -0.15) is 5.26 Å². The number of ether oxygens (including phenoxy) is 1. The van der Waals surface area contributed by atoms with E-state index in [2.05, 4.69) is 16.8 Å². The molecule has 1 fully saturated rings. The highest BCUT2D eigenvalue weighted by Gasteiger charge is 2.13. The Labute approximate surface area is 120 Å². The van der Waals surface area contributed by atoms with E-state index in [0.717, 1.165) is 31.6 Å². The number of piperidine rings is 1. The lowest BCUT2D eigenvalue weighted by atomic mass is 10.1. The minimum absolute atomic E-state index is 0.163. The van der Waals surface area contributed by atoms with E-state index in [9.17, 15) is 4.79 Å². The summed E-state index contributed by atoms with van der Waals surface area (Å²) in [4.78, 5) is 18.0.